The van der Waals surface area contributed by atoms with Crippen LogP contribution in [0.25, 0.3) is 0 Å². The van der Waals surface area contributed by atoms with E-state index in [9.17, 15) is 14.7 Å². The van der Waals surface area contributed by atoms with E-state index in [1.165, 1.54) is 0 Å². The highest BCUT2D eigenvalue weighted by atomic mass is 32.4. The molecule has 0 aliphatic heterocycles. The Morgan fingerprint density at radius 2 is 1.69 bits per heavy atom. The average Bonchev–Trinajstić information content (AvgIpc) is 2.57. The number of carbonyl (C=O) groups excluding carboxylic acids is 2. The molecule has 0 radical (unpaired) electrons. The molecule has 1 rings (SSSR count). The average molecular weight is 396 g/mol. The standard InChI is InChI=1S/C19H26O4.CH3PS/c1-7-15(20)10-17(21)23-19-13(5)12(4)18(22)16(14(19)6)9-8-11(2)3;1-2-3/h8,22H,7,9-10H2,1-6H3;1H3. The molecule has 0 atom stereocenters. The minimum atomic E-state index is -0.554. The maximum absolute atomic E-state index is 11.9. The molecule has 4 nitrogen and oxygen atoms in total. The van der Waals surface area contributed by atoms with Crippen molar-refractivity contribution < 1.29 is 19.4 Å². The molecule has 1 N–H and O–H groups in total. The molecule has 0 saturated carbocycles. The van der Waals surface area contributed by atoms with Crippen molar-refractivity contribution in [2.45, 2.75) is 60.8 Å². The third kappa shape index (κ3) is 7.35. The largest absolute Gasteiger partial charge is 0.507 e. The highest BCUT2D eigenvalue weighted by molar-refractivity contribution is 7.96. The van der Waals surface area contributed by atoms with Gasteiger partial charge in [-0.1, -0.05) is 30.4 Å². The van der Waals surface area contributed by atoms with Gasteiger partial charge in [0, 0.05) is 12.0 Å². The van der Waals surface area contributed by atoms with Gasteiger partial charge in [0.25, 0.3) is 0 Å². The van der Waals surface area contributed by atoms with E-state index in [-0.39, 0.29) is 18.0 Å². The lowest BCUT2D eigenvalue weighted by Crippen LogP contribution is -2.15. The fourth-order valence-electron chi connectivity index (χ4n) is 2.32. The van der Waals surface area contributed by atoms with Crippen molar-refractivity contribution in [3.05, 3.63) is 33.9 Å². The third-order valence-electron chi connectivity index (χ3n) is 4.00. The Morgan fingerprint density at radius 1 is 1.15 bits per heavy atom. The number of Topliss-reactive ketones (excluding diaryl/α,β-unsaturated/α-hetero) is 1. The van der Waals surface area contributed by atoms with Crippen molar-refractivity contribution >= 4 is 30.9 Å². The summed E-state index contributed by atoms with van der Waals surface area (Å²) in [7, 11) is 1.00. The first-order valence-corrected chi connectivity index (χ1v) is 10.8. The van der Waals surface area contributed by atoms with E-state index in [0.717, 1.165) is 29.6 Å². The van der Waals surface area contributed by atoms with Gasteiger partial charge < -0.3 is 9.84 Å². The fourth-order valence-corrected chi connectivity index (χ4v) is 2.32. The van der Waals surface area contributed by atoms with Gasteiger partial charge in [-0.25, -0.2) is 0 Å². The molecule has 26 heavy (non-hydrogen) atoms. The van der Waals surface area contributed by atoms with Crippen molar-refractivity contribution in [1.82, 2.24) is 0 Å². The topological polar surface area (TPSA) is 63.6 Å². The van der Waals surface area contributed by atoms with Crippen molar-refractivity contribution in [2.24, 2.45) is 0 Å². The molecule has 144 valence electrons. The monoisotopic (exact) mass is 396 g/mol. The highest BCUT2D eigenvalue weighted by Crippen LogP contribution is 2.37. The molecule has 1 aromatic carbocycles. The molecular formula is C20H29O4PS. The number of rotatable bonds is 6. The maximum atomic E-state index is 11.9. The summed E-state index contributed by atoms with van der Waals surface area (Å²) in [5.41, 5.74) is 4.05. The number of hydrogen-bond acceptors (Lipinski definition) is 5. The van der Waals surface area contributed by atoms with E-state index < -0.39 is 5.97 Å². The number of hydrogen-bond donors (Lipinski definition) is 1. The van der Waals surface area contributed by atoms with Gasteiger partial charge >= 0.3 is 5.97 Å². The number of esters is 1. The van der Waals surface area contributed by atoms with E-state index in [4.69, 9.17) is 4.74 Å². The van der Waals surface area contributed by atoms with Gasteiger partial charge in [0.1, 0.15) is 23.7 Å². The quantitative estimate of drug-likeness (QED) is 0.238. The number of phenols is 1. The highest BCUT2D eigenvalue weighted by Gasteiger charge is 2.20. The Hall–Kier alpha value is -1.58. The van der Waals surface area contributed by atoms with Crippen LogP contribution in [0.4, 0.5) is 0 Å². The van der Waals surface area contributed by atoms with Gasteiger partial charge in [0.15, 0.2) is 0 Å². The minimum absolute atomic E-state index is 0.148. The molecule has 0 heterocycles. The van der Waals surface area contributed by atoms with Gasteiger partial charge in [-0.05, 0) is 71.8 Å². The first kappa shape index (κ1) is 24.4. The van der Waals surface area contributed by atoms with Gasteiger partial charge in [0.2, 0.25) is 0 Å². The number of allylic oxidation sites excluding steroid dienone is 2. The predicted molar refractivity (Wildman–Crippen MR) is 111 cm³/mol. The molecule has 0 aliphatic rings. The van der Waals surface area contributed by atoms with Crippen molar-refractivity contribution in [3.8, 4) is 11.5 Å². The smallest absolute Gasteiger partial charge is 0.318 e. The number of carbonyl (C=O) groups is 2. The second-order valence-electron chi connectivity index (χ2n) is 6.24. The van der Waals surface area contributed by atoms with Crippen LogP contribution >= 0.6 is 7.36 Å². The number of ether oxygens (including phenoxy) is 1. The van der Waals surface area contributed by atoms with Crippen LogP contribution in [-0.4, -0.2) is 23.5 Å². The van der Waals surface area contributed by atoms with E-state index in [0.29, 0.717) is 24.2 Å². The summed E-state index contributed by atoms with van der Waals surface area (Å²) < 4.78 is 5.44. The molecule has 1 aromatic rings. The van der Waals surface area contributed by atoms with Gasteiger partial charge in [0.05, 0.1) is 0 Å². The number of ketones is 1. The Labute approximate surface area is 163 Å². The summed E-state index contributed by atoms with van der Waals surface area (Å²) in [5.74, 6) is -0.0137. The lowest BCUT2D eigenvalue weighted by atomic mass is 9.95. The Bertz CT molecular complexity index is 704. The molecule has 0 saturated heterocycles. The molecule has 0 aromatic heterocycles. The summed E-state index contributed by atoms with van der Waals surface area (Å²) in [6.07, 6.45) is 2.68. The van der Waals surface area contributed by atoms with Gasteiger partial charge in [-0.2, -0.15) is 0 Å². The summed E-state index contributed by atoms with van der Waals surface area (Å²) in [5, 5.41) is 10.4. The van der Waals surface area contributed by atoms with E-state index >= 15 is 0 Å². The molecule has 0 spiro atoms. The second-order valence-corrected chi connectivity index (χ2v) is 7.70. The fraction of sp³-hybridized carbons (Fsp3) is 0.500. The van der Waals surface area contributed by atoms with Crippen molar-refractivity contribution in [2.75, 3.05) is 6.66 Å². The summed E-state index contributed by atoms with van der Waals surface area (Å²) in [6, 6.07) is 0. The number of benzene rings is 1. The van der Waals surface area contributed by atoms with Crippen molar-refractivity contribution in [3.63, 3.8) is 0 Å². The first-order chi connectivity index (χ1) is 12.1. The first-order valence-electron chi connectivity index (χ1n) is 8.49. The molecular weight excluding hydrogens is 367 g/mol. The van der Waals surface area contributed by atoms with Crippen LogP contribution in [-0.2, 0) is 27.8 Å². The zero-order chi connectivity index (χ0) is 20.4. The minimum Gasteiger partial charge on any atom is -0.507 e. The summed E-state index contributed by atoms with van der Waals surface area (Å²) in [4.78, 5) is 23.3. The zero-order valence-electron chi connectivity index (χ0n) is 16.7. The normalized spacial score (nSPS) is 9.96. The second kappa shape index (κ2) is 11.9. The zero-order valence-corrected chi connectivity index (χ0v) is 18.4. The summed E-state index contributed by atoms with van der Waals surface area (Å²) in [6.45, 7) is 13.0. The van der Waals surface area contributed by atoms with Crippen molar-refractivity contribution in [1.29, 1.82) is 0 Å². The molecule has 0 aliphatic carbocycles. The van der Waals surface area contributed by atoms with Crippen LogP contribution in [0.2, 0.25) is 0 Å². The van der Waals surface area contributed by atoms with Crippen LogP contribution < -0.4 is 4.74 Å². The Balaban J connectivity index is 0.00000194. The summed E-state index contributed by atoms with van der Waals surface area (Å²) >= 11 is 4.37. The van der Waals surface area contributed by atoms with Crippen LogP contribution in [0.15, 0.2) is 11.6 Å². The lowest BCUT2D eigenvalue weighted by molar-refractivity contribution is -0.138. The maximum Gasteiger partial charge on any atom is 0.318 e. The van der Waals surface area contributed by atoms with Gasteiger partial charge in [-0.3, -0.25) is 9.59 Å². The van der Waals surface area contributed by atoms with Crippen LogP contribution in [0.1, 0.15) is 55.9 Å². The molecule has 0 amide bonds. The SMILES string of the molecule is CCC(=O)CC(=O)Oc1c(C)c(C)c(O)c(CC=C(C)C)c1C.CP=S. The van der Waals surface area contributed by atoms with Crippen LogP contribution in [0.5, 0.6) is 11.5 Å². The van der Waals surface area contributed by atoms with E-state index in [1.807, 2.05) is 33.5 Å². The van der Waals surface area contributed by atoms with Gasteiger partial charge in [-0.15, -0.1) is 0 Å². The number of phenolic OH excluding ortho intramolecular Hbond substituents is 1. The van der Waals surface area contributed by atoms with E-state index in [2.05, 4.69) is 11.8 Å². The Kier molecular flexibility index (Phi) is 11.2. The number of aromatic hydroxyl groups is 1. The Morgan fingerprint density at radius 3 is 2.15 bits per heavy atom. The lowest BCUT2D eigenvalue weighted by Gasteiger charge is -2.18. The molecule has 6 heteroatoms. The molecule has 0 unspecified atom stereocenters. The predicted octanol–water partition coefficient (Wildman–Crippen LogP) is 5.13. The van der Waals surface area contributed by atoms with E-state index in [1.54, 1.807) is 20.8 Å². The van der Waals surface area contributed by atoms with Crippen LogP contribution in [0, 0.1) is 20.8 Å². The molecule has 0 fully saturated rings. The molecule has 0 bridgehead atoms. The van der Waals surface area contributed by atoms with Crippen LogP contribution in [0.3, 0.4) is 0 Å². The third-order valence-corrected chi connectivity index (χ3v) is 4.00.